The maximum atomic E-state index is 10.4. The van der Waals surface area contributed by atoms with Gasteiger partial charge in [-0.2, -0.15) is 5.10 Å². The number of benzene rings is 1. The lowest BCUT2D eigenvalue weighted by Crippen LogP contribution is -2.40. The fourth-order valence-corrected chi connectivity index (χ4v) is 1.27. The molecule has 0 spiro atoms. The van der Waals surface area contributed by atoms with E-state index < -0.39 is 29.8 Å². The monoisotopic (exact) mass is 285 g/mol. The van der Waals surface area contributed by atoms with Gasteiger partial charge in [-0.1, -0.05) is 0 Å². The second kappa shape index (κ2) is 7.50. The molecule has 0 radical (unpaired) electrons. The van der Waals surface area contributed by atoms with Gasteiger partial charge in [0.15, 0.2) is 0 Å². The van der Waals surface area contributed by atoms with Gasteiger partial charge in [0.1, 0.15) is 18.3 Å². The van der Waals surface area contributed by atoms with Crippen molar-refractivity contribution in [1.82, 2.24) is 0 Å². The average molecular weight is 285 g/mol. The summed E-state index contributed by atoms with van der Waals surface area (Å²) in [5.74, 6) is 0. The summed E-state index contributed by atoms with van der Waals surface area (Å²) in [5, 5.41) is 50.5. The normalized spacial score (nSPS) is 15.8. The van der Waals surface area contributed by atoms with E-state index in [4.69, 9.17) is 10.2 Å². The van der Waals surface area contributed by atoms with Crippen LogP contribution in [-0.2, 0) is 0 Å². The summed E-state index contributed by atoms with van der Waals surface area (Å²) in [7, 11) is 0. The van der Waals surface area contributed by atoms with Gasteiger partial charge < -0.3 is 20.4 Å². The van der Waals surface area contributed by atoms with Crippen LogP contribution in [-0.4, -0.2) is 56.5 Å². The molecule has 0 unspecified atom stereocenters. The highest BCUT2D eigenvalue weighted by atomic mass is 16.6. The summed E-state index contributed by atoms with van der Waals surface area (Å²) >= 11 is 0. The number of rotatable bonds is 7. The molecule has 0 saturated heterocycles. The van der Waals surface area contributed by atoms with Crippen LogP contribution in [0.15, 0.2) is 29.4 Å². The van der Waals surface area contributed by atoms with Gasteiger partial charge in [-0.25, -0.2) is 0 Å². The van der Waals surface area contributed by atoms with Crippen molar-refractivity contribution in [3.63, 3.8) is 0 Å². The zero-order chi connectivity index (χ0) is 15.1. The zero-order valence-electron chi connectivity index (χ0n) is 10.3. The van der Waals surface area contributed by atoms with Gasteiger partial charge in [0.25, 0.3) is 5.69 Å². The summed E-state index contributed by atoms with van der Waals surface area (Å²) in [4.78, 5) is 9.90. The predicted octanol–water partition coefficient (Wildman–Crippen LogP) is -0.933. The highest BCUT2D eigenvalue weighted by Crippen LogP contribution is 2.15. The molecule has 9 nitrogen and oxygen atoms in total. The highest BCUT2D eigenvalue weighted by Gasteiger charge is 2.22. The maximum Gasteiger partial charge on any atom is 0.269 e. The Kier molecular flexibility index (Phi) is 6.00. The van der Waals surface area contributed by atoms with Crippen LogP contribution in [0, 0.1) is 10.1 Å². The van der Waals surface area contributed by atoms with Gasteiger partial charge >= 0.3 is 0 Å². The average Bonchev–Trinajstić information content (AvgIpc) is 2.45. The van der Waals surface area contributed by atoms with E-state index in [-0.39, 0.29) is 5.69 Å². The van der Waals surface area contributed by atoms with Crippen LogP contribution in [0.4, 0.5) is 11.4 Å². The van der Waals surface area contributed by atoms with Crippen molar-refractivity contribution < 1.29 is 25.3 Å². The SMILES string of the molecule is O=[N+]([O-])c1ccc(NN=C[C@@H](O)[C@H](O)[C@@H](O)CO)cc1. The van der Waals surface area contributed by atoms with Crippen molar-refractivity contribution in [2.75, 3.05) is 12.0 Å². The fourth-order valence-electron chi connectivity index (χ4n) is 1.27. The van der Waals surface area contributed by atoms with Crippen molar-refractivity contribution in [2.45, 2.75) is 18.3 Å². The number of nitro benzene ring substituents is 1. The van der Waals surface area contributed by atoms with Gasteiger partial charge in [-0.05, 0) is 12.1 Å². The highest BCUT2D eigenvalue weighted by molar-refractivity contribution is 5.65. The lowest BCUT2D eigenvalue weighted by Gasteiger charge is -2.18. The topological polar surface area (TPSA) is 148 Å². The Bertz CT molecular complexity index is 464. The number of aliphatic hydroxyl groups excluding tert-OH is 4. The Labute approximate surface area is 114 Å². The molecule has 0 bridgehead atoms. The molecule has 110 valence electrons. The molecule has 1 aromatic rings. The zero-order valence-corrected chi connectivity index (χ0v) is 10.3. The summed E-state index contributed by atoms with van der Waals surface area (Å²) < 4.78 is 0. The van der Waals surface area contributed by atoms with Gasteiger partial charge in [0.2, 0.25) is 0 Å². The minimum absolute atomic E-state index is 0.0685. The molecule has 5 N–H and O–H groups in total. The number of non-ortho nitro benzene ring substituents is 1. The van der Waals surface area contributed by atoms with Gasteiger partial charge in [-0.15, -0.1) is 0 Å². The van der Waals surface area contributed by atoms with Crippen LogP contribution in [0.25, 0.3) is 0 Å². The summed E-state index contributed by atoms with van der Waals surface area (Å²) in [6.07, 6.45) is -3.58. The number of hydrogen-bond acceptors (Lipinski definition) is 8. The Morgan fingerprint density at radius 1 is 1.30 bits per heavy atom. The van der Waals surface area contributed by atoms with Crippen molar-refractivity contribution in [2.24, 2.45) is 5.10 Å². The predicted molar refractivity (Wildman–Crippen MR) is 70.3 cm³/mol. The van der Waals surface area contributed by atoms with Crippen LogP contribution in [0.3, 0.4) is 0 Å². The maximum absolute atomic E-state index is 10.4. The molecule has 0 heterocycles. The van der Waals surface area contributed by atoms with Gasteiger partial charge in [0, 0.05) is 12.1 Å². The van der Waals surface area contributed by atoms with E-state index in [2.05, 4.69) is 10.5 Å². The van der Waals surface area contributed by atoms with Crippen LogP contribution >= 0.6 is 0 Å². The Morgan fingerprint density at radius 2 is 1.90 bits per heavy atom. The van der Waals surface area contributed by atoms with Crippen LogP contribution < -0.4 is 5.43 Å². The first-order valence-electron chi connectivity index (χ1n) is 5.64. The molecular weight excluding hydrogens is 270 g/mol. The molecule has 3 atom stereocenters. The molecule has 0 saturated carbocycles. The number of hydrazone groups is 1. The lowest BCUT2D eigenvalue weighted by atomic mass is 10.1. The third kappa shape index (κ3) is 4.55. The van der Waals surface area contributed by atoms with E-state index in [0.717, 1.165) is 6.21 Å². The van der Waals surface area contributed by atoms with E-state index in [1.165, 1.54) is 24.3 Å². The minimum Gasteiger partial charge on any atom is -0.394 e. The van der Waals surface area contributed by atoms with E-state index in [1.807, 2.05) is 0 Å². The molecule has 0 aliphatic heterocycles. The number of nitrogens with zero attached hydrogens (tertiary/aromatic N) is 2. The molecule has 1 aromatic carbocycles. The first-order valence-corrected chi connectivity index (χ1v) is 5.64. The van der Waals surface area contributed by atoms with E-state index in [1.54, 1.807) is 0 Å². The Balaban J connectivity index is 2.53. The minimum atomic E-state index is -1.57. The number of nitrogens with one attached hydrogen (secondary N) is 1. The molecule has 9 heteroatoms. The molecule has 0 aromatic heterocycles. The first kappa shape index (κ1) is 16.0. The van der Waals surface area contributed by atoms with Crippen molar-refractivity contribution in [3.05, 3.63) is 34.4 Å². The summed E-state index contributed by atoms with van der Waals surface area (Å²) in [6, 6.07) is 5.39. The smallest absolute Gasteiger partial charge is 0.269 e. The quantitative estimate of drug-likeness (QED) is 0.247. The second-order valence-electron chi connectivity index (χ2n) is 3.93. The Morgan fingerprint density at radius 3 is 2.40 bits per heavy atom. The van der Waals surface area contributed by atoms with Gasteiger partial charge in [0.05, 0.1) is 23.4 Å². The molecule has 20 heavy (non-hydrogen) atoms. The number of hydrogen-bond donors (Lipinski definition) is 5. The third-order valence-corrected chi connectivity index (χ3v) is 2.43. The van der Waals surface area contributed by atoms with Crippen LogP contribution in [0.5, 0.6) is 0 Å². The second-order valence-corrected chi connectivity index (χ2v) is 3.93. The molecular formula is C11H15N3O6. The number of anilines is 1. The first-order chi connectivity index (χ1) is 9.45. The van der Waals surface area contributed by atoms with E-state index >= 15 is 0 Å². The van der Waals surface area contributed by atoms with Crippen LogP contribution in [0.2, 0.25) is 0 Å². The van der Waals surface area contributed by atoms with Crippen LogP contribution in [0.1, 0.15) is 0 Å². The van der Waals surface area contributed by atoms with Crippen molar-refractivity contribution >= 4 is 17.6 Å². The van der Waals surface area contributed by atoms with Gasteiger partial charge in [-0.3, -0.25) is 15.5 Å². The van der Waals surface area contributed by atoms with E-state index in [9.17, 15) is 20.3 Å². The number of nitro groups is 1. The fraction of sp³-hybridized carbons (Fsp3) is 0.364. The molecule has 0 fully saturated rings. The largest absolute Gasteiger partial charge is 0.394 e. The third-order valence-electron chi connectivity index (χ3n) is 2.43. The summed E-state index contributed by atoms with van der Waals surface area (Å²) in [5.41, 5.74) is 2.86. The molecule has 0 aliphatic rings. The lowest BCUT2D eigenvalue weighted by molar-refractivity contribution is -0.384. The summed E-state index contributed by atoms with van der Waals surface area (Å²) in [6.45, 7) is -0.693. The standard InChI is InChI=1S/C11H15N3O6/c15-6-10(17)11(18)9(16)5-12-13-7-1-3-8(4-2-7)14(19)20/h1-5,9-11,13,15-18H,6H2/t9-,10+,11+/m1/s1. The molecule has 0 amide bonds. The molecule has 0 aliphatic carbocycles. The van der Waals surface area contributed by atoms with Crippen molar-refractivity contribution in [3.8, 4) is 0 Å². The number of aliphatic hydroxyl groups is 4. The van der Waals surface area contributed by atoms with E-state index in [0.29, 0.717) is 5.69 Å². The molecule has 1 rings (SSSR count). The van der Waals surface area contributed by atoms with Crippen molar-refractivity contribution in [1.29, 1.82) is 0 Å². The Hall–Kier alpha value is -2.07.